The zero-order valence-corrected chi connectivity index (χ0v) is 18.0. The number of rotatable bonds is 4. The first-order valence-corrected chi connectivity index (χ1v) is 11.2. The van der Waals surface area contributed by atoms with Crippen molar-refractivity contribution in [3.05, 3.63) is 47.8 Å². The van der Waals surface area contributed by atoms with Crippen molar-refractivity contribution in [2.75, 3.05) is 37.4 Å². The Morgan fingerprint density at radius 3 is 2.53 bits per heavy atom. The normalized spacial score (nSPS) is 21.6. The maximum atomic E-state index is 12.7. The molecule has 1 aliphatic heterocycles. The summed E-state index contributed by atoms with van der Waals surface area (Å²) in [7, 11) is 0. The maximum Gasteiger partial charge on any atom is 0.254 e. The van der Waals surface area contributed by atoms with E-state index in [0.717, 1.165) is 48.4 Å². The van der Waals surface area contributed by atoms with E-state index < -0.39 is 0 Å². The number of ether oxygens (including phenoxy) is 1. The second-order valence-corrected chi connectivity index (χ2v) is 8.64. The minimum Gasteiger partial charge on any atom is -0.382 e. The van der Waals surface area contributed by atoms with Crippen molar-refractivity contribution in [3.63, 3.8) is 0 Å². The Bertz CT molecular complexity index is 1100. The number of aromatic nitrogens is 3. The molecular formula is C23H29N7O2. The van der Waals surface area contributed by atoms with Gasteiger partial charge in [0, 0.05) is 42.4 Å². The summed E-state index contributed by atoms with van der Waals surface area (Å²) in [4.78, 5) is 19.4. The third kappa shape index (κ3) is 4.26. The molecule has 32 heavy (non-hydrogen) atoms. The molecule has 5 rings (SSSR count). The fourth-order valence-corrected chi connectivity index (χ4v) is 4.52. The van der Waals surface area contributed by atoms with Crippen LogP contribution in [0.5, 0.6) is 0 Å². The van der Waals surface area contributed by atoms with Gasteiger partial charge in [-0.2, -0.15) is 0 Å². The van der Waals surface area contributed by atoms with Crippen molar-refractivity contribution in [1.82, 2.24) is 19.5 Å². The van der Waals surface area contributed by atoms with Crippen LogP contribution >= 0.6 is 0 Å². The number of carbonyl (C=O) groups is 1. The van der Waals surface area contributed by atoms with Gasteiger partial charge in [0.1, 0.15) is 5.82 Å². The lowest BCUT2D eigenvalue weighted by molar-refractivity contribution is 0.0303. The third-order valence-electron chi connectivity index (χ3n) is 6.36. The highest BCUT2D eigenvalue weighted by Gasteiger charge is 2.23. The van der Waals surface area contributed by atoms with Crippen LogP contribution in [0.2, 0.25) is 0 Å². The zero-order chi connectivity index (χ0) is 22.1. The van der Waals surface area contributed by atoms with Crippen LogP contribution in [-0.4, -0.2) is 57.8 Å². The first-order valence-electron chi connectivity index (χ1n) is 11.2. The van der Waals surface area contributed by atoms with Crippen LogP contribution in [0.25, 0.3) is 5.65 Å². The first kappa shape index (κ1) is 20.7. The van der Waals surface area contributed by atoms with E-state index in [-0.39, 0.29) is 5.91 Å². The SMILES string of the molecule is Nc1cc(Nc2ccc(C(=O)N3CCOCC3)cc2)c2nc(C3CCC(N)CC3)cn2n1. The van der Waals surface area contributed by atoms with E-state index in [2.05, 4.69) is 10.4 Å². The Morgan fingerprint density at radius 2 is 1.81 bits per heavy atom. The number of benzene rings is 1. The number of nitrogens with two attached hydrogens (primary N) is 2. The molecule has 3 heterocycles. The van der Waals surface area contributed by atoms with Crippen LogP contribution in [0.4, 0.5) is 17.2 Å². The van der Waals surface area contributed by atoms with Crippen LogP contribution < -0.4 is 16.8 Å². The molecule has 5 N–H and O–H groups in total. The van der Waals surface area contributed by atoms with Crippen molar-refractivity contribution < 1.29 is 9.53 Å². The molecule has 1 saturated heterocycles. The summed E-state index contributed by atoms with van der Waals surface area (Å²) in [6.07, 6.45) is 6.11. The average Bonchev–Trinajstić information content (AvgIpc) is 3.24. The molecule has 0 spiro atoms. The predicted molar refractivity (Wildman–Crippen MR) is 123 cm³/mol. The maximum absolute atomic E-state index is 12.7. The van der Waals surface area contributed by atoms with Gasteiger partial charge in [-0.3, -0.25) is 4.79 Å². The zero-order valence-electron chi connectivity index (χ0n) is 18.0. The molecule has 1 amide bonds. The third-order valence-corrected chi connectivity index (χ3v) is 6.36. The van der Waals surface area contributed by atoms with Gasteiger partial charge in [-0.25, -0.2) is 9.50 Å². The smallest absolute Gasteiger partial charge is 0.254 e. The molecule has 2 fully saturated rings. The highest BCUT2D eigenvalue weighted by molar-refractivity contribution is 5.94. The second-order valence-electron chi connectivity index (χ2n) is 8.64. The summed E-state index contributed by atoms with van der Waals surface area (Å²) >= 11 is 0. The molecule has 1 aliphatic carbocycles. The number of nitrogen functional groups attached to an aromatic ring is 1. The number of hydrogen-bond acceptors (Lipinski definition) is 7. The molecule has 0 unspecified atom stereocenters. The van der Waals surface area contributed by atoms with Crippen LogP contribution in [0.3, 0.4) is 0 Å². The molecule has 9 heteroatoms. The number of hydrogen-bond donors (Lipinski definition) is 3. The summed E-state index contributed by atoms with van der Waals surface area (Å²) in [5, 5.41) is 7.79. The van der Waals surface area contributed by atoms with Crippen LogP contribution in [0, 0.1) is 0 Å². The van der Waals surface area contributed by atoms with Crippen molar-refractivity contribution in [3.8, 4) is 0 Å². The van der Waals surface area contributed by atoms with E-state index in [0.29, 0.717) is 49.6 Å². The summed E-state index contributed by atoms with van der Waals surface area (Å²) in [6.45, 7) is 2.43. The minimum absolute atomic E-state index is 0.0282. The number of anilines is 3. The quantitative estimate of drug-likeness (QED) is 0.575. The number of nitrogens with zero attached hydrogens (tertiary/aromatic N) is 4. The van der Waals surface area contributed by atoms with E-state index >= 15 is 0 Å². The van der Waals surface area contributed by atoms with E-state index in [9.17, 15) is 4.79 Å². The van der Waals surface area contributed by atoms with Gasteiger partial charge in [-0.1, -0.05) is 0 Å². The molecule has 2 aromatic heterocycles. The van der Waals surface area contributed by atoms with Crippen molar-refractivity contribution >= 4 is 28.7 Å². The van der Waals surface area contributed by atoms with E-state index in [4.69, 9.17) is 21.2 Å². The van der Waals surface area contributed by atoms with Crippen molar-refractivity contribution in [2.24, 2.45) is 5.73 Å². The number of carbonyl (C=O) groups excluding carboxylic acids is 1. The van der Waals surface area contributed by atoms with Crippen molar-refractivity contribution in [1.29, 1.82) is 0 Å². The van der Waals surface area contributed by atoms with E-state index in [1.165, 1.54) is 0 Å². The van der Waals surface area contributed by atoms with Crippen molar-refractivity contribution in [2.45, 2.75) is 37.6 Å². The lowest BCUT2D eigenvalue weighted by atomic mass is 9.85. The molecule has 0 atom stereocenters. The summed E-state index contributed by atoms with van der Waals surface area (Å²) in [5.74, 6) is 0.838. The topological polar surface area (TPSA) is 124 Å². The summed E-state index contributed by atoms with van der Waals surface area (Å²) in [5.41, 5.74) is 16.2. The Labute approximate surface area is 186 Å². The van der Waals surface area contributed by atoms with Gasteiger partial charge in [0.25, 0.3) is 5.91 Å². The van der Waals surface area contributed by atoms with Crippen LogP contribution in [0.1, 0.15) is 47.7 Å². The number of fused-ring (bicyclic) bond motifs is 1. The highest BCUT2D eigenvalue weighted by Crippen LogP contribution is 2.33. The molecular weight excluding hydrogens is 406 g/mol. The average molecular weight is 436 g/mol. The van der Waals surface area contributed by atoms with Gasteiger partial charge in [0.05, 0.1) is 30.8 Å². The van der Waals surface area contributed by atoms with Gasteiger partial charge in [-0.15, -0.1) is 5.10 Å². The largest absolute Gasteiger partial charge is 0.382 e. The Morgan fingerprint density at radius 1 is 1.09 bits per heavy atom. The highest BCUT2D eigenvalue weighted by atomic mass is 16.5. The number of amides is 1. The Balaban J connectivity index is 1.35. The fraction of sp³-hybridized carbons (Fsp3) is 0.435. The van der Waals surface area contributed by atoms with Gasteiger partial charge in [-0.05, 0) is 49.9 Å². The van der Waals surface area contributed by atoms with Gasteiger partial charge in [0.2, 0.25) is 0 Å². The summed E-state index contributed by atoms with van der Waals surface area (Å²) in [6, 6.07) is 9.55. The minimum atomic E-state index is 0.0282. The van der Waals surface area contributed by atoms with Crippen LogP contribution in [0.15, 0.2) is 36.5 Å². The molecule has 1 aromatic carbocycles. The monoisotopic (exact) mass is 435 g/mol. The molecule has 0 radical (unpaired) electrons. The molecule has 168 valence electrons. The van der Waals surface area contributed by atoms with E-state index in [1.54, 1.807) is 10.6 Å². The van der Waals surface area contributed by atoms with E-state index in [1.807, 2.05) is 35.4 Å². The predicted octanol–water partition coefficient (Wildman–Crippen LogP) is 2.51. The number of imidazole rings is 1. The molecule has 3 aromatic rings. The number of morpholine rings is 1. The second kappa shape index (κ2) is 8.76. The lowest BCUT2D eigenvalue weighted by Crippen LogP contribution is -2.40. The molecule has 0 bridgehead atoms. The fourth-order valence-electron chi connectivity index (χ4n) is 4.52. The van der Waals surface area contributed by atoms with Gasteiger partial charge < -0.3 is 26.4 Å². The Kier molecular flexibility index (Phi) is 5.67. The first-order chi connectivity index (χ1) is 15.6. The standard InChI is InChI=1S/C23H29N7O2/c24-17-5-1-15(2-6-17)20-14-30-22(27-20)19(13-21(25)28-30)26-18-7-3-16(4-8-18)23(31)29-9-11-32-12-10-29/h3-4,7-8,13-15,17,26H,1-2,5-6,9-12,24H2,(H2,25,28). The summed E-state index contributed by atoms with van der Waals surface area (Å²) < 4.78 is 7.08. The molecule has 1 saturated carbocycles. The van der Waals surface area contributed by atoms with Gasteiger partial charge >= 0.3 is 0 Å². The lowest BCUT2D eigenvalue weighted by Gasteiger charge is -2.26. The van der Waals surface area contributed by atoms with Crippen LogP contribution in [-0.2, 0) is 4.74 Å². The van der Waals surface area contributed by atoms with Gasteiger partial charge in [0.15, 0.2) is 5.65 Å². The molecule has 2 aliphatic rings. The number of nitrogens with one attached hydrogen (secondary N) is 1. The molecule has 9 nitrogen and oxygen atoms in total. The Hall–Kier alpha value is -3.17.